The largest absolute Gasteiger partial charge is 0.378 e. The third-order valence-corrected chi connectivity index (χ3v) is 3.52. The van der Waals surface area contributed by atoms with Crippen molar-refractivity contribution in [2.75, 3.05) is 19.8 Å². The summed E-state index contributed by atoms with van der Waals surface area (Å²) in [5.41, 5.74) is -0.260. The molecule has 1 saturated heterocycles. The van der Waals surface area contributed by atoms with Gasteiger partial charge in [0, 0.05) is 19.0 Å². The maximum absolute atomic E-state index is 13.3. The molecule has 1 amide bonds. The molecule has 1 atom stereocenters. The van der Waals surface area contributed by atoms with Crippen molar-refractivity contribution in [3.63, 3.8) is 0 Å². The van der Waals surface area contributed by atoms with Crippen LogP contribution >= 0.6 is 12.4 Å². The van der Waals surface area contributed by atoms with Crippen LogP contribution in [0.1, 0.15) is 25.8 Å². The lowest BCUT2D eigenvalue weighted by atomic mass is 9.93. The van der Waals surface area contributed by atoms with Gasteiger partial charge in [-0.2, -0.15) is 0 Å². The van der Waals surface area contributed by atoms with Gasteiger partial charge >= 0.3 is 0 Å². The lowest BCUT2D eigenvalue weighted by Crippen LogP contribution is -2.47. The van der Waals surface area contributed by atoms with E-state index < -0.39 is 17.2 Å². The van der Waals surface area contributed by atoms with Crippen LogP contribution in [0.3, 0.4) is 0 Å². The second kappa shape index (κ2) is 7.85. The fourth-order valence-corrected chi connectivity index (χ4v) is 2.33. The number of ether oxygens (including phenoxy) is 1. The molecule has 1 heterocycles. The maximum atomic E-state index is 13.3. The summed E-state index contributed by atoms with van der Waals surface area (Å²) in [4.78, 5) is 12.1. The molecule has 4 nitrogen and oxygen atoms in total. The number of hydrogen-bond donors (Lipinski definition) is 2. The van der Waals surface area contributed by atoms with Crippen LogP contribution in [-0.2, 0) is 15.1 Å². The van der Waals surface area contributed by atoms with E-state index in [1.807, 2.05) is 0 Å². The molecule has 1 aliphatic heterocycles. The number of rotatable bonds is 4. The van der Waals surface area contributed by atoms with Gasteiger partial charge in [0.15, 0.2) is 11.6 Å². The Kier molecular flexibility index (Phi) is 6.71. The summed E-state index contributed by atoms with van der Waals surface area (Å²) in [6.07, 6.45) is 0.285. The average molecular weight is 335 g/mol. The Morgan fingerprint density at radius 2 is 2.14 bits per heavy atom. The second-order valence-corrected chi connectivity index (χ2v) is 5.73. The first kappa shape index (κ1) is 18.8. The van der Waals surface area contributed by atoms with E-state index in [1.54, 1.807) is 13.8 Å². The third-order valence-electron chi connectivity index (χ3n) is 3.52. The first-order valence-corrected chi connectivity index (χ1v) is 6.96. The van der Waals surface area contributed by atoms with Crippen molar-refractivity contribution in [2.45, 2.75) is 31.8 Å². The Morgan fingerprint density at radius 3 is 2.73 bits per heavy atom. The molecule has 0 saturated carbocycles. The van der Waals surface area contributed by atoms with Crippen molar-refractivity contribution in [1.29, 1.82) is 0 Å². The highest BCUT2D eigenvalue weighted by atomic mass is 35.5. The highest BCUT2D eigenvalue weighted by Gasteiger charge is 2.26. The van der Waals surface area contributed by atoms with E-state index in [4.69, 9.17) is 4.74 Å². The zero-order valence-electron chi connectivity index (χ0n) is 12.6. The maximum Gasteiger partial charge on any atom is 0.222 e. The second-order valence-electron chi connectivity index (χ2n) is 5.73. The highest BCUT2D eigenvalue weighted by Crippen LogP contribution is 2.22. The van der Waals surface area contributed by atoms with Gasteiger partial charge in [-0.15, -0.1) is 12.4 Å². The SMILES string of the molecule is CC(C)(NC(=O)CC1COCCN1)c1ccc(F)c(F)c1.Cl. The van der Waals surface area contributed by atoms with E-state index in [9.17, 15) is 13.6 Å². The fraction of sp³-hybridized carbons (Fsp3) is 0.533. The van der Waals surface area contributed by atoms with Crippen LogP contribution < -0.4 is 10.6 Å². The van der Waals surface area contributed by atoms with Crippen LogP contribution in [0.4, 0.5) is 8.78 Å². The van der Waals surface area contributed by atoms with Gasteiger partial charge in [0.1, 0.15) is 0 Å². The smallest absolute Gasteiger partial charge is 0.222 e. The Hall–Kier alpha value is -1.24. The summed E-state index contributed by atoms with van der Waals surface area (Å²) in [6, 6.07) is 3.63. The molecule has 1 aromatic rings. The molecule has 2 rings (SSSR count). The number of amides is 1. The van der Waals surface area contributed by atoms with Gasteiger partial charge in [-0.05, 0) is 31.5 Å². The van der Waals surface area contributed by atoms with Crippen LogP contribution in [0.25, 0.3) is 0 Å². The summed E-state index contributed by atoms with van der Waals surface area (Å²) in [7, 11) is 0. The summed E-state index contributed by atoms with van der Waals surface area (Å²) >= 11 is 0. The molecule has 2 N–H and O–H groups in total. The molecule has 22 heavy (non-hydrogen) atoms. The van der Waals surface area contributed by atoms with E-state index in [0.29, 0.717) is 18.8 Å². The lowest BCUT2D eigenvalue weighted by molar-refractivity contribution is -0.124. The van der Waals surface area contributed by atoms with Gasteiger partial charge in [0.05, 0.1) is 18.8 Å². The van der Waals surface area contributed by atoms with E-state index in [-0.39, 0.29) is 30.8 Å². The molecule has 1 aliphatic rings. The molecule has 7 heteroatoms. The zero-order chi connectivity index (χ0) is 15.5. The van der Waals surface area contributed by atoms with Crippen LogP contribution in [0.2, 0.25) is 0 Å². The van der Waals surface area contributed by atoms with Crippen molar-refractivity contribution < 1.29 is 18.3 Å². The summed E-state index contributed by atoms with van der Waals surface area (Å²) < 4.78 is 31.6. The number of halogens is 3. The van der Waals surface area contributed by atoms with Gasteiger partial charge in [0.2, 0.25) is 5.91 Å². The topological polar surface area (TPSA) is 50.4 Å². The van der Waals surface area contributed by atoms with Crippen molar-refractivity contribution in [3.05, 3.63) is 35.4 Å². The molecule has 1 unspecified atom stereocenters. The molecule has 124 valence electrons. The first-order chi connectivity index (χ1) is 9.88. The first-order valence-electron chi connectivity index (χ1n) is 6.96. The Morgan fingerprint density at radius 1 is 1.41 bits per heavy atom. The van der Waals surface area contributed by atoms with E-state index in [2.05, 4.69) is 10.6 Å². The molecule has 1 fully saturated rings. The van der Waals surface area contributed by atoms with Crippen LogP contribution in [0.5, 0.6) is 0 Å². The van der Waals surface area contributed by atoms with Crippen molar-refractivity contribution in [3.8, 4) is 0 Å². The fourth-order valence-electron chi connectivity index (χ4n) is 2.33. The number of benzene rings is 1. The Bertz CT molecular complexity index is 520. The number of hydrogen-bond acceptors (Lipinski definition) is 3. The minimum Gasteiger partial charge on any atom is -0.378 e. The van der Waals surface area contributed by atoms with Crippen LogP contribution in [-0.4, -0.2) is 31.7 Å². The molecule has 0 aliphatic carbocycles. The minimum atomic E-state index is -0.919. The molecule has 0 bridgehead atoms. The summed E-state index contributed by atoms with van der Waals surface area (Å²) in [5, 5.41) is 6.04. The number of carbonyl (C=O) groups excluding carboxylic acids is 1. The van der Waals surface area contributed by atoms with Gasteiger partial charge in [0.25, 0.3) is 0 Å². The predicted octanol–water partition coefficient (Wildman–Crippen LogP) is 2.12. The Labute approximate surface area is 135 Å². The molecule has 0 radical (unpaired) electrons. The van der Waals surface area contributed by atoms with Gasteiger partial charge in [-0.3, -0.25) is 4.79 Å². The Balaban J connectivity index is 0.00000242. The highest BCUT2D eigenvalue weighted by molar-refractivity contribution is 5.85. The van der Waals surface area contributed by atoms with Gasteiger partial charge in [-0.25, -0.2) is 8.78 Å². The minimum absolute atomic E-state index is 0. The standard InChI is InChI=1S/C15H20F2N2O2.ClH/c1-15(2,10-3-4-12(16)13(17)7-10)19-14(20)8-11-9-21-6-5-18-11;/h3-4,7,11,18H,5-6,8-9H2,1-2H3,(H,19,20);1H. The normalized spacial score (nSPS) is 18.5. The van der Waals surface area contributed by atoms with Crippen molar-refractivity contribution in [2.24, 2.45) is 0 Å². The lowest BCUT2D eigenvalue weighted by Gasteiger charge is -2.29. The zero-order valence-corrected chi connectivity index (χ0v) is 13.4. The third kappa shape index (κ3) is 4.90. The quantitative estimate of drug-likeness (QED) is 0.886. The monoisotopic (exact) mass is 334 g/mol. The summed E-state index contributed by atoms with van der Waals surface area (Å²) in [5.74, 6) is -1.98. The molecular weight excluding hydrogens is 314 g/mol. The van der Waals surface area contributed by atoms with Crippen molar-refractivity contribution >= 4 is 18.3 Å². The van der Waals surface area contributed by atoms with Crippen molar-refractivity contribution in [1.82, 2.24) is 10.6 Å². The van der Waals surface area contributed by atoms with Crippen LogP contribution in [0, 0.1) is 11.6 Å². The molecular formula is C15H21ClF2N2O2. The number of nitrogens with one attached hydrogen (secondary N) is 2. The molecule has 1 aromatic carbocycles. The summed E-state index contributed by atoms with van der Waals surface area (Å²) in [6.45, 7) is 5.38. The van der Waals surface area contributed by atoms with Crippen LogP contribution in [0.15, 0.2) is 18.2 Å². The average Bonchev–Trinajstić information content (AvgIpc) is 2.42. The molecule has 0 spiro atoms. The van der Waals surface area contributed by atoms with E-state index >= 15 is 0 Å². The van der Waals surface area contributed by atoms with Gasteiger partial charge < -0.3 is 15.4 Å². The molecule has 0 aromatic heterocycles. The van der Waals surface area contributed by atoms with E-state index in [1.165, 1.54) is 6.07 Å². The van der Waals surface area contributed by atoms with Gasteiger partial charge in [-0.1, -0.05) is 6.07 Å². The predicted molar refractivity (Wildman–Crippen MR) is 82.0 cm³/mol. The van der Waals surface area contributed by atoms with E-state index in [0.717, 1.165) is 18.7 Å². The number of carbonyl (C=O) groups is 1. The number of morpholine rings is 1.